The van der Waals surface area contributed by atoms with Crippen molar-refractivity contribution in [2.24, 2.45) is 7.05 Å². The molecule has 4 rings (SSSR count). The summed E-state index contributed by atoms with van der Waals surface area (Å²) in [6.07, 6.45) is 2.99. The summed E-state index contributed by atoms with van der Waals surface area (Å²) in [4.78, 5) is 29.7. The van der Waals surface area contributed by atoms with Crippen LogP contribution in [0, 0.1) is 0 Å². The third-order valence-corrected chi connectivity index (χ3v) is 5.07. The molecule has 2 aromatic heterocycles. The highest BCUT2D eigenvalue weighted by molar-refractivity contribution is 5.56. The predicted octanol–water partition coefficient (Wildman–Crippen LogP) is 1.88. The lowest BCUT2D eigenvalue weighted by molar-refractivity contribution is 0.0393. The Morgan fingerprint density at radius 3 is 2.76 bits per heavy atom. The molecule has 1 aliphatic heterocycles. The molecule has 8 heteroatoms. The normalized spacial score (nSPS) is 16.7. The third kappa shape index (κ3) is 3.84. The number of para-hydroxylation sites is 1. The molecule has 0 radical (unpaired) electrons. The van der Waals surface area contributed by atoms with E-state index in [1.54, 1.807) is 23.9 Å². The van der Waals surface area contributed by atoms with E-state index < -0.39 is 0 Å². The lowest BCUT2D eigenvalue weighted by atomic mass is 10.0. The van der Waals surface area contributed by atoms with Gasteiger partial charge in [-0.1, -0.05) is 18.2 Å². The van der Waals surface area contributed by atoms with E-state index in [2.05, 4.69) is 31.9 Å². The zero-order valence-corrected chi connectivity index (χ0v) is 16.8. The van der Waals surface area contributed by atoms with Gasteiger partial charge in [-0.25, -0.2) is 15.0 Å². The van der Waals surface area contributed by atoms with Crippen LogP contribution >= 0.6 is 0 Å². The average molecular weight is 392 g/mol. The lowest BCUT2D eigenvalue weighted by Crippen LogP contribution is -2.42. The van der Waals surface area contributed by atoms with Gasteiger partial charge in [-0.2, -0.15) is 0 Å². The first-order valence-electron chi connectivity index (χ1n) is 9.52. The Hall–Kier alpha value is -3.26. The largest absolute Gasteiger partial charge is 0.377 e. The number of nitrogens with zero attached hydrogens (tertiary/aromatic N) is 6. The number of benzene rings is 1. The van der Waals surface area contributed by atoms with Gasteiger partial charge in [0.2, 0.25) is 5.95 Å². The number of anilines is 2. The molecule has 1 atom stereocenters. The van der Waals surface area contributed by atoms with Crippen LogP contribution in [0.3, 0.4) is 0 Å². The fraction of sp³-hybridized carbons (Fsp3) is 0.333. The molecule has 1 fully saturated rings. The monoisotopic (exact) mass is 392 g/mol. The molecule has 0 bridgehead atoms. The van der Waals surface area contributed by atoms with Gasteiger partial charge in [-0.3, -0.25) is 9.36 Å². The summed E-state index contributed by atoms with van der Waals surface area (Å²) in [6, 6.07) is 11.5. The molecule has 0 aliphatic carbocycles. The van der Waals surface area contributed by atoms with E-state index in [9.17, 15) is 4.79 Å². The van der Waals surface area contributed by atoms with Crippen LogP contribution in [0.15, 0.2) is 53.7 Å². The molecule has 0 spiro atoms. The van der Waals surface area contributed by atoms with Gasteiger partial charge in [-0.05, 0) is 12.1 Å². The zero-order valence-electron chi connectivity index (χ0n) is 16.8. The number of ether oxygens (including phenoxy) is 1. The second kappa shape index (κ2) is 8.00. The maximum absolute atomic E-state index is 12.6. The fourth-order valence-electron chi connectivity index (χ4n) is 3.57. The highest BCUT2D eigenvalue weighted by Crippen LogP contribution is 2.31. The number of morpholine rings is 1. The summed E-state index contributed by atoms with van der Waals surface area (Å²) in [5.41, 5.74) is 3.29. The number of aromatic nitrogens is 4. The lowest BCUT2D eigenvalue weighted by Gasteiger charge is -2.35. The van der Waals surface area contributed by atoms with Gasteiger partial charge in [0.25, 0.3) is 5.56 Å². The molecule has 1 aromatic carbocycles. The van der Waals surface area contributed by atoms with Crippen molar-refractivity contribution in [1.82, 2.24) is 19.5 Å². The first-order valence-corrected chi connectivity index (χ1v) is 9.52. The molecule has 1 saturated heterocycles. The number of hydrogen-bond acceptors (Lipinski definition) is 7. The van der Waals surface area contributed by atoms with Crippen LogP contribution in [0.1, 0.15) is 11.7 Å². The van der Waals surface area contributed by atoms with Crippen molar-refractivity contribution in [2.45, 2.75) is 6.10 Å². The van der Waals surface area contributed by atoms with E-state index in [0.29, 0.717) is 37.0 Å². The van der Waals surface area contributed by atoms with Crippen molar-refractivity contribution in [3.8, 4) is 11.4 Å². The van der Waals surface area contributed by atoms with Gasteiger partial charge in [0.15, 0.2) is 0 Å². The molecule has 0 N–H and O–H groups in total. The highest BCUT2D eigenvalue weighted by atomic mass is 16.5. The number of hydrogen-bond donors (Lipinski definition) is 0. The zero-order chi connectivity index (χ0) is 20.4. The Morgan fingerprint density at radius 1 is 1.17 bits per heavy atom. The van der Waals surface area contributed by atoms with E-state index in [-0.39, 0.29) is 11.7 Å². The van der Waals surface area contributed by atoms with Crippen molar-refractivity contribution in [3.63, 3.8) is 0 Å². The molecular weight excluding hydrogens is 368 g/mol. The molecule has 0 amide bonds. The molecule has 3 heterocycles. The van der Waals surface area contributed by atoms with Crippen LogP contribution in [0.25, 0.3) is 11.4 Å². The number of rotatable bonds is 4. The van der Waals surface area contributed by atoms with E-state index in [1.165, 1.54) is 12.4 Å². The van der Waals surface area contributed by atoms with E-state index in [1.807, 2.05) is 26.2 Å². The Labute approximate surface area is 169 Å². The van der Waals surface area contributed by atoms with Gasteiger partial charge in [0.05, 0.1) is 24.5 Å². The molecule has 1 aliphatic rings. The van der Waals surface area contributed by atoms with Gasteiger partial charge in [0.1, 0.15) is 12.4 Å². The third-order valence-electron chi connectivity index (χ3n) is 5.07. The van der Waals surface area contributed by atoms with Gasteiger partial charge in [0, 0.05) is 51.2 Å². The summed E-state index contributed by atoms with van der Waals surface area (Å²) in [7, 11) is 5.79. The molecule has 8 nitrogen and oxygen atoms in total. The second-order valence-corrected chi connectivity index (χ2v) is 7.19. The minimum absolute atomic E-state index is 0.109. The quantitative estimate of drug-likeness (QED) is 0.671. The first kappa shape index (κ1) is 19.1. The molecule has 1 unspecified atom stereocenters. The van der Waals surface area contributed by atoms with Crippen LogP contribution in [0.4, 0.5) is 11.6 Å². The second-order valence-electron chi connectivity index (χ2n) is 7.19. The summed E-state index contributed by atoms with van der Waals surface area (Å²) >= 11 is 0. The Balaban J connectivity index is 1.69. The highest BCUT2D eigenvalue weighted by Gasteiger charge is 2.27. The summed E-state index contributed by atoms with van der Waals surface area (Å²) in [6.45, 7) is 1.83. The van der Waals surface area contributed by atoms with Crippen LogP contribution in [-0.4, -0.2) is 53.3 Å². The molecule has 0 saturated carbocycles. The average Bonchev–Trinajstić information content (AvgIpc) is 2.76. The van der Waals surface area contributed by atoms with Crippen molar-refractivity contribution in [3.05, 3.63) is 64.8 Å². The molecule has 29 heavy (non-hydrogen) atoms. The van der Waals surface area contributed by atoms with Gasteiger partial charge >= 0.3 is 0 Å². The van der Waals surface area contributed by atoms with E-state index in [4.69, 9.17) is 9.72 Å². The first-order chi connectivity index (χ1) is 14.0. The smallest absolute Gasteiger partial charge is 0.255 e. The minimum atomic E-state index is -0.125. The van der Waals surface area contributed by atoms with Crippen LogP contribution in [-0.2, 0) is 11.8 Å². The van der Waals surface area contributed by atoms with E-state index in [0.717, 1.165) is 11.3 Å². The van der Waals surface area contributed by atoms with Crippen LogP contribution in [0.5, 0.6) is 0 Å². The topological polar surface area (TPSA) is 76.4 Å². The Morgan fingerprint density at radius 2 is 2.00 bits per heavy atom. The van der Waals surface area contributed by atoms with Crippen molar-refractivity contribution in [1.29, 1.82) is 0 Å². The minimum Gasteiger partial charge on any atom is -0.377 e. The standard InChI is InChI=1S/C21H24N6O2/c1-25(2)18-7-5-4-6-15(18)19-13-27(10-11-29-19)21-24-17(12-20(28)26(21)3)16-8-9-22-14-23-16/h4-9,12,14,19H,10-11,13H2,1-3H3. The van der Waals surface area contributed by atoms with Gasteiger partial charge in [-0.15, -0.1) is 0 Å². The van der Waals surface area contributed by atoms with Crippen LogP contribution in [0.2, 0.25) is 0 Å². The van der Waals surface area contributed by atoms with Crippen molar-refractivity contribution < 1.29 is 4.74 Å². The summed E-state index contributed by atoms with van der Waals surface area (Å²) in [5.74, 6) is 0.613. The molecule has 3 aromatic rings. The van der Waals surface area contributed by atoms with Crippen molar-refractivity contribution in [2.75, 3.05) is 43.6 Å². The van der Waals surface area contributed by atoms with Crippen LogP contribution < -0.4 is 15.4 Å². The summed E-state index contributed by atoms with van der Waals surface area (Å²) < 4.78 is 7.66. The maximum atomic E-state index is 12.6. The SMILES string of the molecule is CN(C)c1ccccc1C1CN(c2nc(-c3ccncn3)cc(=O)n2C)CCO1. The predicted molar refractivity (Wildman–Crippen MR) is 112 cm³/mol. The van der Waals surface area contributed by atoms with Crippen molar-refractivity contribution >= 4 is 11.6 Å². The Bertz CT molecular complexity index is 1050. The molecular formula is C21H24N6O2. The molecule has 150 valence electrons. The fourth-order valence-corrected chi connectivity index (χ4v) is 3.57. The maximum Gasteiger partial charge on any atom is 0.255 e. The summed E-state index contributed by atoms with van der Waals surface area (Å²) in [5, 5.41) is 0. The van der Waals surface area contributed by atoms with Gasteiger partial charge < -0.3 is 14.5 Å². The van der Waals surface area contributed by atoms with E-state index >= 15 is 0 Å². The Kier molecular flexibility index (Phi) is 5.26.